The lowest BCUT2D eigenvalue weighted by atomic mass is 10.2. The van der Waals surface area contributed by atoms with Gasteiger partial charge in [0.1, 0.15) is 5.82 Å². The van der Waals surface area contributed by atoms with E-state index in [9.17, 15) is 9.18 Å². The fourth-order valence-electron chi connectivity index (χ4n) is 3.50. The van der Waals surface area contributed by atoms with Gasteiger partial charge in [-0.1, -0.05) is 0 Å². The fraction of sp³-hybridized carbons (Fsp3) is 0.391. The summed E-state index contributed by atoms with van der Waals surface area (Å²) < 4.78 is 24.1. The van der Waals surface area contributed by atoms with Gasteiger partial charge in [0, 0.05) is 44.4 Å². The van der Waals surface area contributed by atoms with Crippen molar-refractivity contribution in [2.75, 3.05) is 44.8 Å². The van der Waals surface area contributed by atoms with Crippen molar-refractivity contribution in [2.45, 2.75) is 19.3 Å². The minimum absolute atomic E-state index is 0.117. The van der Waals surface area contributed by atoms with E-state index in [1.807, 2.05) is 4.90 Å². The van der Waals surface area contributed by atoms with Crippen LogP contribution < -0.4 is 14.4 Å². The van der Waals surface area contributed by atoms with Gasteiger partial charge in [0.2, 0.25) is 5.91 Å². The van der Waals surface area contributed by atoms with Gasteiger partial charge in [-0.2, -0.15) is 5.26 Å². The molecule has 0 aromatic heterocycles. The van der Waals surface area contributed by atoms with Gasteiger partial charge >= 0.3 is 0 Å². The molecule has 0 bridgehead atoms. The molecular weight excluding hydrogens is 385 g/mol. The van der Waals surface area contributed by atoms with Gasteiger partial charge in [0.25, 0.3) is 0 Å². The molecule has 0 aliphatic carbocycles. The number of benzene rings is 2. The van der Waals surface area contributed by atoms with Crippen molar-refractivity contribution in [2.24, 2.45) is 0 Å². The second-order valence-electron chi connectivity index (χ2n) is 7.13. The second-order valence-corrected chi connectivity index (χ2v) is 7.13. The maximum atomic E-state index is 13.1. The molecule has 0 spiro atoms. The summed E-state index contributed by atoms with van der Waals surface area (Å²) in [5.74, 6) is 0.944. The molecule has 1 saturated heterocycles. The SMILES string of the molecule is COc1cc(C#N)ccc1OCCCC(=O)N1CCCN(c2ccc(F)cc2)CC1. The van der Waals surface area contributed by atoms with Crippen LogP contribution in [0.2, 0.25) is 0 Å². The number of amides is 1. The van der Waals surface area contributed by atoms with Gasteiger partial charge in [-0.15, -0.1) is 0 Å². The van der Waals surface area contributed by atoms with E-state index in [0.29, 0.717) is 43.1 Å². The zero-order chi connectivity index (χ0) is 21.3. The molecule has 1 aliphatic heterocycles. The number of hydrogen-bond donors (Lipinski definition) is 0. The van der Waals surface area contributed by atoms with Crippen LogP contribution in [0.1, 0.15) is 24.8 Å². The molecule has 0 N–H and O–H groups in total. The standard InChI is InChI=1S/C23H26FN3O3/c1-29-22-16-18(17-25)5-10-21(22)30-15-2-4-23(28)27-12-3-11-26(13-14-27)20-8-6-19(24)7-9-20/h5-10,16H,2-4,11-15H2,1H3. The quantitative estimate of drug-likeness (QED) is 0.652. The predicted octanol–water partition coefficient (Wildman–Crippen LogP) is 3.60. The van der Waals surface area contributed by atoms with Gasteiger partial charge in [-0.25, -0.2) is 4.39 Å². The molecule has 0 atom stereocenters. The minimum atomic E-state index is -0.244. The van der Waals surface area contributed by atoms with Crippen LogP contribution in [0, 0.1) is 17.1 Å². The summed E-state index contributed by atoms with van der Waals surface area (Å²) in [5.41, 5.74) is 1.49. The van der Waals surface area contributed by atoms with Crippen molar-refractivity contribution in [3.8, 4) is 17.6 Å². The lowest BCUT2D eigenvalue weighted by Crippen LogP contribution is -2.35. The van der Waals surface area contributed by atoms with Crippen molar-refractivity contribution in [1.82, 2.24) is 4.90 Å². The fourth-order valence-corrected chi connectivity index (χ4v) is 3.50. The highest BCUT2D eigenvalue weighted by molar-refractivity contribution is 5.76. The minimum Gasteiger partial charge on any atom is -0.493 e. The van der Waals surface area contributed by atoms with Crippen molar-refractivity contribution in [3.05, 3.63) is 53.8 Å². The smallest absolute Gasteiger partial charge is 0.222 e. The molecule has 1 heterocycles. The van der Waals surface area contributed by atoms with E-state index in [1.54, 1.807) is 30.3 Å². The molecule has 1 amide bonds. The number of nitrogens with zero attached hydrogens (tertiary/aromatic N) is 3. The Morgan fingerprint density at radius 1 is 1.10 bits per heavy atom. The maximum Gasteiger partial charge on any atom is 0.222 e. The van der Waals surface area contributed by atoms with Crippen LogP contribution in [-0.4, -0.2) is 50.7 Å². The summed E-state index contributed by atoms with van der Waals surface area (Å²) in [7, 11) is 1.53. The summed E-state index contributed by atoms with van der Waals surface area (Å²) in [6.45, 7) is 3.35. The number of halogens is 1. The third kappa shape index (κ3) is 5.63. The van der Waals surface area contributed by atoms with E-state index >= 15 is 0 Å². The Hall–Kier alpha value is -3.27. The van der Waals surface area contributed by atoms with Gasteiger partial charge in [-0.3, -0.25) is 4.79 Å². The number of rotatable bonds is 7. The van der Waals surface area contributed by atoms with Gasteiger partial charge < -0.3 is 19.3 Å². The molecule has 2 aromatic rings. The predicted molar refractivity (Wildman–Crippen MR) is 112 cm³/mol. The first kappa shape index (κ1) is 21.4. The topological polar surface area (TPSA) is 65.8 Å². The maximum absolute atomic E-state index is 13.1. The van der Waals surface area contributed by atoms with Crippen LogP contribution >= 0.6 is 0 Å². The first-order chi connectivity index (χ1) is 14.6. The van der Waals surface area contributed by atoms with Crippen molar-refractivity contribution in [1.29, 1.82) is 5.26 Å². The largest absolute Gasteiger partial charge is 0.493 e. The van der Waals surface area contributed by atoms with E-state index in [4.69, 9.17) is 14.7 Å². The Bertz CT molecular complexity index is 896. The van der Waals surface area contributed by atoms with E-state index < -0.39 is 0 Å². The lowest BCUT2D eigenvalue weighted by Gasteiger charge is -2.23. The molecule has 0 radical (unpaired) electrons. The monoisotopic (exact) mass is 411 g/mol. The molecule has 0 unspecified atom stereocenters. The Balaban J connectivity index is 1.44. The molecule has 3 rings (SSSR count). The normalized spacial score (nSPS) is 14.0. The molecule has 1 fully saturated rings. The number of anilines is 1. The number of methoxy groups -OCH3 is 1. The molecule has 30 heavy (non-hydrogen) atoms. The van der Waals surface area contributed by atoms with Crippen LogP contribution in [-0.2, 0) is 4.79 Å². The first-order valence-electron chi connectivity index (χ1n) is 10.1. The third-order valence-corrected chi connectivity index (χ3v) is 5.13. The van der Waals surface area contributed by atoms with Gasteiger partial charge in [-0.05, 0) is 49.2 Å². The van der Waals surface area contributed by atoms with E-state index in [1.165, 1.54) is 19.2 Å². The van der Waals surface area contributed by atoms with Crippen LogP contribution in [0.25, 0.3) is 0 Å². The summed E-state index contributed by atoms with van der Waals surface area (Å²) in [4.78, 5) is 16.7. The zero-order valence-electron chi connectivity index (χ0n) is 17.1. The van der Waals surface area contributed by atoms with Crippen molar-refractivity contribution >= 4 is 11.6 Å². The number of nitriles is 1. The van der Waals surface area contributed by atoms with Crippen LogP contribution in [0.3, 0.4) is 0 Å². The van der Waals surface area contributed by atoms with E-state index in [2.05, 4.69) is 11.0 Å². The first-order valence-corrected chi connectivity index (χ1v) is 10.1. The van der Waals surface area contributed by atoms with Crippen LogP contribution in [0.5, 0.6) is 11.5 Å². The highest BCUT2D eigenvalue weighted by Crippen LogP contribution is 2.28. The summed E-state index contributed by atoms with van der Waals surface area (Å²) in [6, 6.07) is 13.6. The van der Waals surface area contributed by atoms with E-state index in [0.717, 1.165) is 31.7 Å². The Morgan fingerprint density at radius 3 is 2.63 bits per heavy atom. The van der Waals surface area contributed by atoms with Gasteiger partial charge in [0.15, 0.2) is 11.5 Å². The van der Waals surface area contributed by atoms with Crippen molar-refractivity contribution < 1.29 is 18.7 Å². The Labute approximate surface area is 176 Å². The molecular formula is C23H26FN3O3. The highest BCUT2D eigenvalue weighted by atomic mass is 19.1. The Morgan fingerprint density at radius 2 is 1.90 bits per heavy atom. The molecule has 1 aliphatic rings. The number of carbonyl (C=O) groups is 1. The summed E-state index contributed by atoms with van der Waals surface area (Å²) in [5, 5.41) is 8.95. The molecule has 2 aromatic carbocycles. The highest BCUT2D eigenvalue weighted by Gasteiger charge is 2.19. The van der Waals surface area contributed by atoms with Crippen molar-refractivity contribution in [3.63, 3.8) is 0 Å². The average Bonchev–Trinajstić information content (AvgIpc) is 3.03. The third-order valence-electron chi connectivity index (χ3n) is 5.13. The number of carbonyl (C=O) groups excluding carboxylic acids is 1. The lowest BCUT2D eigenvalue weighted by molar-refractivity contribution is -0.131. The van der Waals surface area contributed by atoms with E-state index in [-0.39, 0.29) is 11.7 Å². The zero-order valence-corrected chi connectivity index (χ0v) is 17.1. The van der Waals surface area contributed by atoms with Crippen LogP contribution in [0.15, 0.2) is 42.5 Å². The molecule has 6 nitrogen and oxygen atoms in total. The number of hydrogen-bond acceptors (Lipinski definition) is 5. The molecule has 158 valence electrons. The van der Waals surface area contributed by atoms with Crippen LogP contribution in [0.4, 0.5) is 10.1 Å². The van der Waals surface area contributed by atoms with Gasteiger partial charge in [0.05, 0.1) is 25.3 Å². The summed E-state index contributed by atoms with van der Waals surface area (Å²) >= 11 is 0. The number of ether oxygens (including phenoxy) is 2. The summed E-state index contributed by atoms with van der Waals surface area (Å²) in [6.07, 6.45) is 1.89. The molecule has 7 heteroatoms. The average molecular weight is 411 g/mol. The Kier molecular flexibility index (Phi) is 7.50. The molecule has 0 saturated carbocycles. The second kappa shape index (κ2) is 10.5.